The Hall–Kier alpha value is -2.82. The van der Waals surface area contributed by atoms with Gasteiger partial charge in [-0.1, -0.05) is 35.9 Å². The van der Waals surface area contributed by atoms with Gasteiger partial charge in [0.05, 0.1) is 12.1 Å². The molecule has 5 nitrogen and oxygen atoms in total. The van der Waals surface area contributed by atoms with Crippen LogP contribution in [0.1, 0.15) is 16.7 Å². The third-order valence-electron chi connectivity index (χ3n) is 3.65. The molecule has 0 saturated carbocycles. The molecule has 23 heavy (non-hydrogen) atoms. The van der Waals surface area contributed by atoms with Gasteiger partial charge in [-0.3, -0.25) is 9.59 Å². The van der Waals surface area contributed by atoms with E-state index in [0.29, 0.717) is 24.4 Å². The Morgan fingerprint density at radius 2 is 1.91 bits per heavy atom. The lowest BCUT2D eigenvalue weighted by atomic mass is 10.1. The van der Waals surface area contributed by atoms with Crippen LogP contribution in [0.3, 0.4) is 0 Å². The van der Waals surface area contributed by atoms with Crippen molar-refractivity contribution in [1.29, 1.82) is 0 Å². The lowest BCUT2D eigenvalue weighted by Gasteiger charge is -2.18. The Balaban J connectivity index is 1.56. The minimum Gasteiger partial charge on any atom is -0.482 e. The summed E-state index contributed by atoms with van der Waals surface area (Å²) in [4.78, 5) is 23.2. The van der Waals surface area contributed by atoms with Crippen LogP contribution in [0.15, 0.2) is 42.5 Å². The molecule has 2 amide bonds. The maximum absolute atomic E-state index is 12.0. The smallest absolute Gasteiger partial charge is 0.262 e. The minimum atomic E-state index is -0.156. The predicted octanol–water partition coefficient (Wildman–Crippen LogP) is 2.18. The summed E-state index contributed by atoms with van der Waals surface area (Å²) >= 11 is 0. The van der Waals surface area contributed by atoms with Gasteiger partial charge in [-0.2, -0.15) is 0 Å². The third-order valence-corrected chi connectivity index (χ3v) is 3.65. The summed E-state index contributed by atoms with van der Waals surface area (Å²) in [6, 6.07) is 13.4. The molecule has 118 valence electrons. The van der Waals surface area contributed by atoms with Crippen molar-refractivity contribution >= 4 is 17.5 Å². The molecule has 2 aromatic carbocycles. The molecule has 0 unspecified atom stereocenters. The molecule has 0 aliphatic carbocycles. The fraction of sp³-hybridized carbons (Fsp3) is 0.222. The van der Waals surface area contributed by atoms with E-state index in [0.717, 1.165) is 11.1 Å². The van der Waals surface area contributed by atoms with Crippen molar-refractivity contribution in [2.75, 3.05) is 11.9 Å². The van der Waals surface area contributed by atoms with Crippen LogP contribution in [0.25, 0.3) is 0 Å². The molecule has 0 fully saturated rings. The van der Waals surface area contributed by atoms with Crippen molar-refractivity contribution < 1.29 is 14.3 Å². The molecular weight excluding hydrogens is 292 g/mol. The van der Waals surface area contributed by atoms with Gasteiger partial charge in [0.2, 0.25) is 5.91 Å². The Bertz CT molecular complexity index is 738. The summed E-state index contributed by atoms with van der Waals surface area (Å²) in [7, 11) is 0. The monoisotopic (exact) mass is 310 g/mol. The van der Waals surface area contributed by atoms with Gasteiger partial charge in [-0.25, -0.2) is 0 Å². The molecule has 5 heteroatoms. The number of carbonyl (C=O) groups excluding carboxylic acids is 2. The summed E-state index contributed by atoms with van der Waals surface area (Å²) in [5.74, 6) is 0.451. The molecule has 1 aliphatic heterocycles. The average molecular weight is 310 g/mol. The molecule has 2 aromatic rings. The van der Waals surface area contributed by atoms with Crippen molar-refractivity contribution in [3.8, 4) is 5.75 Å². The molecular formula is C18H18N2O3. The fourth-order valence-corrected chi connectivity index (χ4v) is 2.38. The van der Waals surface area contributed by atoms with Gasteiger partial charge >= 0.3 is 0 Å². The third kappa shape index (κ3) is 3.88. The summed E-state index contributed by atoms with van der Waals surface area (Å²) < 4.78 is 5.37. The number of fused-ring (bicyclic) bond motifs is 1. The van der Waals surface area contributed by atoms with E-state index in [2.05, 4.69) is 10.6 Å². The number of rotatable bonds is 4. The highest BCUT2D eigenvalue weighted by Crippen LogP contribution is 2.28. The number of anilines is 1. The summed E-state index contributed by atoms with van der Waals surface area (Å²) in [5, 5.41) is 5.63. The number of hydrogen-bond donors (Lipinski definition) is 2. The zero-order valence-corrected chi connectivity index (χ0v) is 12.9. The highest BCUT2D eigenvalue weighted by molar-refractivity contribution is 5.95. The average Bonchev–Trinajstić information content (AvgIpc) is 2.55. The first kappa shape index (κ1) is 15.1. The normalized spacial score (nSPS) is 12.8. The van der Waals surface area contributed by atoms with E-state index in [1.165, 1.54) is 5.56 Å². The van der Waals surface area contributed by atoms with E-state index < -0.39 is 0 Å². The minimum absolute atomic E-state index is 0.0240. The van der Waals surface area contributed by atoms with E-state index in [4.69, 9.17) is 4.74 Å². The fourth-order valence-electron chi connectivity index (χ4n) is 2.38. The maximum Gasteiger partial charge on any atom is 0.262 e. The molecule has 3 rings (SSSR count). The Morgan fingerprint density at radius 3 is 2.70 bits per heavy atom. The van der Waals surface area contributed by atoms with Gasteiger partial charge in [0.15, 0.2) is 6.61 Å². The summed E-state index contributed by atoms with van der Waals surface area (Å²) in [6.45, 7) is 2.47. The van der Waals surface area contributed by atoms with Gasteiger partial charge in [-0.15, -0.1) is 0 Å². The molecule has 1 heterocycles. The van der Waals surface area contributed by atoms with Crippen molar-refractivity contribution in [2.24, 2.45) is 0 Å². The number of nitrogens with one attached hydrogen (secondary N) is 2. The van der Waals surface area contributed by atoms with Gasteiger partial charge in [0.25, 0.3) is 5.91 Å². The molecule has 0 spiro atoms. The second-order valence-corrected chi connectivity index (χ2v) is 5.61. The van der Waals surface area contributed by atoms with Crippen LogP contribution >= 0.6 is 0 Å². The first-order chi connectivity index (χ1) is 11.1. The Labute approximate surface area is 134 Å². The molecule has 1 aliphatic rings. The van der Waals surface area contributed by atoms with Crippen LogP contribution < -0.4 is 15.4 Å². The lowest BCUT2D eigenvalue weighted by molar-refractivity contribution is -0.120. The van der Waals surface area contributed by atoms with E-state index in [1.54, 1.807) is 6.07 Å². The van der Waals surface area contributed by atoms with Crippen molar-refractivity contribution in [2.45, 2.75) is 19.9 Å². The highest BCUT2D eigenvalue weighted by atomic mass is 16.5. The van der Waals surface area contributed by atoms with E-state index >= 15 is 0 Å². The first-order valence-electron chi connectivity index (χ1n) is 7.48. The predicted molar refractivity (Wildman–Crippen MR) is 87.3 cm³/mol. The van der Waals surface area contributed by atoms with Gasteiger partial charge in [0, 0.05) is 6.54 Å². The number of hydrogen-bond acceptors (Lipinski definition) is 3. The Morgan fingerprint density at radius 1 is 1.17 bits per heavy atom. The number of aryl methyl sites for hydroxylation is 1. The Kier molecular flexibility index (Phi) is 4.28. The van der Waals surface area contributed by atoms with Crippen molar-refractivity contribution in [3.63, 3.8) is 0 Å². The number of amides is 2. The highest BCUT2D eigenvalue weighted by Gasteiger charge is 2.15. The second kappa shape index (κ2) is 6.52. The summed E-state index contributed by atoms with van der Waals surface area (Å²) in [5.41, 5.74) is 3.76. The van der Waals surface area contributed by atoms with Crippen LogP contribution in [-0.2, 0) is 22.6 Å². The van der Waals surface area contributed by atoms with Crippen molar-refractivity contribution in [1.82, 2.24) is 5.32 Å². The molecule has 0 saturated heterocycles. The van der Waals surface area contributed by atoms with Crippen LogP contribution in [0.2, 0.25) is 0 Å². The number of ether oxygens (including phenoxy) is 1. The molecule has 0 bridgehead atoms. The molecule has 0 radical (unpaired) electrons. The maximum atomic E-state index is 12.0. The quantitative estimate of drug-likeness (QED) is 0.909. The number of carbonyl (C=O) groups is 2. The van der Waals surface area contributed by atoms with Crippen LogP contribution in [0, 0.1) is 6.92 Å². The molecule has 0 atom stereocenters. The number of benzene rings is 2. The van der Waals surface area contributed by atoms with Gasteiger partial charge in [0.1, 0.15) is 5.75 Å². The van der Waals surface area contributed by atoms with Gasteiger partial charge < -0.3 is 15.4 Å². The van der Waals surface area contributed by atoms with E-state index in [1.807, 2.05) is 43.3 Å². The van der Waals surface area contributed by atoms with Crippen LogP contribution in [0.5, 0.6) is 5.75 Å². The van der Waals surface area contributed by atoms with E-state index in [-0.39, 0.29) is 18.4 Å². The zero-order chi connectivity index (χ0) is 16.2. The lowest BCUT2D eigenvalue weighted by Crippen LogP contribution is -2.26. The van der Waals surface area contributed by atoms with E-state index in [9.17, 15) is 9.59 Å². The van der Waals surface area contributed by atoms with Crippen molar-refractivity contribution in [3.05, 3.63) is 59.2 Å². The summed E-state index contributed by atoms with van der Waals surface area (Å²) in [6.07, 6.45) is 0.359. The SMILES string of the molecule is Cc1ccc(CC(=O)NCc2ccc3c(c2)OCC(=O)N3)cc1. The standard InChI is InChI=1S/C18H18N2O3/c1-12-2-4-13(5-3-12)9-17(21)19-10-14-6-7-15-16(8-14)23-11-18(22)20-15/h2-8H,9-11H2,1H3,(H,19,21)(H,20,22). The molecule has 0 aromatic heterocycles. The topological polar surface area (TPSA) is 67.4 Å². The first-order valence-corrected chi connectivity index (χ1v) is 7.48. The van der Waals surface area contributed by atoms with Gasteiger partial charge in [-0.05, 0) is 30.2 Å². The van der Waals surface area contributed by atoms with Crippen LogP contribution in [0.4, 0.5) is 5.69 Å². The molecule has 2 N–H and O–H groups in total. The van der Waals surface area contributed by atoms with Crippen LogP contribution in [-0.4, -0.2) is 18.4 Å². The second-order valence-electron chi connectivity index (χ2n) is 5.61. The zero-order valence-electron chi connectivity index (χ0n) is 12.9. The largest absolute Gasteiger partial charge is 0.482 e.